The minimum absolute atomic E-state index is 0.0739. The van der Waals surface area contributed by atoms with Gasteiger partial charge in [0.05, 0.1) is 6.04 Å². The van der Waals surface area contributed by atoms with E-state index in [4.69, 9.17) is 0 Å². The maximum atomic E-state index is 12.8. The highest BCUT2D eigenvalue weighted by molar-refractivity contribution is 5.94. The monoisotopic (exact) mass is 309 g/mol. The summed E-state index contributed by atoms with van der Waals surface area (Å²) in [6.07, 6.45) is 0.470. The SMILES string of the molecule is CCC(=O)[C@H](C)[C@@H](c1ccccc1)N(C)C(=O)c1ccccc1. The van der Waals surface area contributed by atoms with Crippen molar-refractivity contribution in [3.63, 3.8) is 0 Å². The Labute approximate surface area is 137 Å². The Morgan fingerprint density at radius 2 is 1.48 bits per heavy atom. The zero-order valence-electron chi connectivity index (χ0n) is 13.9. The van der Waals surface area contributed by atoms with Crippen molar-refractivity contribution in [3.05, 3.63) is 71.8 Å². The summed E-state index contributed by atoms with van der Waals surface area (Å²) in [4.78, 5) is 26.7. The fraction of sp³-hybridized carbons (Fsp3) is 0.300. The summed E-state index contributed by atoms with van der Waals surface area (Å²) in [6.45, 7) is 3.76. The van der Waals surface area contributed by atoms with Crippen LogP contribution in [-0.4, -0.2) is 23.6 Å². The number of amides is 1. The van der Waals surface area contributed by atoms with Crippen LogP contribution in [0.5, 0.6) is 0 Å². The topological polar surface area (TPSA) is 37.4 Å². The fourth-order valence-corrected chi connectivity index (χ4v) is 2.91. The van der Waals surface area contributed by atoms with Crippen LogP contribution in [0.15, 0.2) is 60.7 Å². The third-order valence-corrected chi connectivity index (χ3v) is 4.23. The molecule has 0 N–H and O–H groups in total. The number of carbonyl (C=O) groups excluding carboxylic acids is 2. The van der Waals surface area contributed by atoms with Gasteiger partial charge in [0, 0.05) is 24.9 Å². The van der Waals surface area contributed by atoms with Crippen molar-refractivity contribution in [3.8, 4) is 0 Å². The normalized spacial score (nSPS) is 13.2. The summed E-state index contributed by atoms with van der Waals surface area (Å²) >= 11 is 0. The second-order valence-corrected chi connectivity index (χ2v) is 5.75. The van der Waals surface area contributed by atoms with E-state index in [0.29, 0.717) is 12.0 Å². The summed E-state index contributed by atoms with van der Waals surface area (Å²) in [6, 6.07) is 18.7. The zero-order chi connectivity index (χ0) is 16.8. The van der Waals surface area contributed by atoms with Crippen molar-refractivity contribution in [2.45, 2.75) is 26.3 Å². The van der Waals surface area contributed by atoms with Crippen LogP contribution in [0.1, 0.15) is 42.2 Å². The first-order chi connectivity index (χ1) is 11.1. The van der Waals surface area contributed by atoms with E-state index in [-0.39, 0.29) is 23.7 Å². The molecular weight excluding hydrogens is 286 g/mol. The van der Waals surface area contributed by atoms with Crippen LogP contribution >= 0.6 is 0 Å². The van der Waals surface area contributed by atoms with Gasteiger partial charge in [-0.15, -0.1) is 0 Å². The number of Topliss-reactive ketones (excluding diaryl/α,β-unsaturated/α-hetero) is 1. The van der Waals surface area contributed by atoms with Crippen molar-refractivity contribution in [1.29, 1.82) is 0 Å². The first-order valence-corrected chi connectivity index (χ1v) is 7.96. The molecule has 3 nitrogen and oxygen atoms in total. The van der Waals surface area contributed by atoms with Crippen LogP contribution in [-0.2, 0) is 4.79 Å². The highest BCUT2D eigenvalue weighted by Gasteiger charge is 2.30. The molecule has 2 aromatic carbocycles. The average Bonchev–Trinajstić information content (AvgIpc) is 2.62. The van der Waals surface area contributed by atoms with Crippen LogP contribution < -0.4 is 0 Å². The molecule has 0 aliphatic carbocycles. The molecule has 3 heteroatoms. The molecule has 2 rings (SSSR count). The van der Waals surface area contributed by atoms with E-state index in [1.54, 1.807) is 24.1 Å². The molecule has 0 heterocycles. The number of benzene rings is 2. The Bertz CT molecular complexity index is 652. The molecular formula is C20H23NO2. The smallest absolute Gasteiger partial charge is 0.254 e. The third-order valence-electron chi connectivity index (χ3n) is 4.23. The lowest BCUT2D eigenvalue weighted by molar-refractivity contribution is -0.123. The Balaban J connectivity index is 2.37. The molecule has 1 amide bonds. The number of nitrogens with zero attached hydrogens (tertiary/aromatic N) is 1. The minimum Gasteiger partial charge on any atom is -0.334 e. The van der Waals surface area contributed by atoms with Crippen LogP contribution in [0.3, 0.4) is 0 Å². The number of carbonyl (C=O) groups is 2. The first kappa shape index (κ1) is 16.9. The predicted octanol–water partition coefficient (Wildman–Crippen LogP) is 4.12. The van der Waals surface area contributed by atoms with Gasteiger partial charge in [-0.2, -0.15) is 0 Å². The minimum atomic E-state index is -0.267. The highest BCUT2D eigenvalue weighted by Crippen LogP contribution is 2.30. The lowest BCUT2D eigenvalue weighted by Crippen LogP contribution is -2.37. The lowest BCUT2D eigenvalue weighted by atomic mass is 9.88. The summed E-state index contributed by atoms with van der Waals surface area (Å²) in [5.41, 5.74) is 1.61. The molecule has 0 saturated heterocycles. The second-order valence-electron chi connectivity index (χ2n) is 5.75. The molecule has 23 heavy (non-hydrogen) atoms. The molecule has 2 atom stereocenters. The molecule has 0 unspecified atom stereocenters. The van der Waals surface area contributed by atoms with E-state index in [9.17, 15) is 9.59 Å². The fourth-order valence-electron chi connectivity index (χ4n) is 2.91. The van der Waals surface area contributed by atoms with Crippen molar-refractivity contribution in [2.75, 3.05) is 7.05 Å². The van der Waals surface area contributed by atoms with Gasteiger partial charge >= 0.3 is 0 Å². The Kier molecular flexibility index (Phi) is 5.69. The Hall–Kier alpha value is -2.42. The van der Waals surface area contributed by atoms with Gasteiger partial charge in [-0.1, -0.05) is 62.4 Å². The molecule has 0 aromatic heterocycles. The maximum Gasteiger partial charge on any atom is 0.254 e. The molecule has 0 spiro atoms. The molecule has 0 saturated carbocycles. The van der Waals surface area contributed by atoms with E-state index in [1.165, 1.54) is 0 Å². The summed E-state index contributed by atoms with van der Waals surface area (Å²) in [5, 5.41) is 0. The quantitative estimate of drug-likeness (QED) is 0.805. The van der Waals surface area contributed by atoms with E-state index in [1.807, 2.05) is 62.4 Å². The first-order valence-electron chi connectivity index (χ1n) is 7.96. The second kappa shape index (κ2) is 7.73. The number of rotatable bonds is 6. The van der Waals surface area contributed by atoms with E-state index < -0.39 is 0 Å². The highest BCUT2D eigenvalue weighted by atomic mass is 16.2. The third kappa shape index (κ3) is 3.86. The Morgan fingerprint density at radius 1 is 0.957 bits per heavy atom. The van der Waals surface area contributed by atoms with Crippen LogP contribution in [0.2, 0.25) is 0 Å². The van der Waals surface area contributed by atoms with Crippen molar-refractivity contribution in [1.82, 2.24) is 4.90 Å². The predicted molar refractivity (Wildman–Crippen MR) is 92.2 cm³/mol. The van der Waals surface area contributed by atoms with Crippen molar-refractivity contribution >= 4 is 11.7 Å². The summed E-state index contributed by atoms with van der Waals surface area (Å²) in [7, 11) is 1.77. The van der Waals surface area contributed by atoms with E-state index in [0.717, 1.165) is 5.56 Å². The molecule has 0 aliphatic rings. The maximum absolute atomic E-state index is 12.8. The Morgan fingerprint density at radius 3 is 2.00 bits per heavy atom. The van der Waals surface area contributed by atoms with Gasteiger partial charge in [0.2, 0.25) is 0 Å². The van der Waals surface area contributed by atoms with Gasteiger partial charge in [-0.3, -0.25) is 9.59 Å². The molecule has 0 radical (unpaired) electrons. The number of hydrogen-bond acceptors (Lipinski definition) is 2. The number of ketones is 1. The van der Waals surface area contributed by atoms with Crippen molar-refractivity contribution in [2.24, 2.45) is 5.92 Å². The van der Waals surface area contributed by atoms with E-state index in [2.05, 4.69) is 0 Å². The molecule has 2 aromatic rings. The van der Waals surface area contributed by atoms with Crippen LogP contribution in [0, 0.1) is 5.92 Å². The van der Waals surface area contributed by atoms with Gasteiger partial charge in [0.15, 0.2) is 0 Å². The van der Waals surface area contributed by atoms with Gasteiger partial charge in [0.25, 0.3) is 5.91 Å². The van der Waals surface area contributed by atoms with Gasteiger partial charge in [0.1, 0.15) is 5.78 Å². The standard InChI is InChI=1S/C20H23NO2/c1-4-18(22)15(2)19(16-11-7-5-8-12-16)21(3)20(23)17-13-9-6-10-14-17/h5-15,19H,4H2,1-3H3/t15-,19-/m0/s1. The average molecular weight is 309 g/mol. The molecule has 120 valence electrons. The summed E-state index contributed by atoms with van der Waals surface area (Å²) < 4.78 is 0. The zero-order valence-corrected chi connectivity index (χ0v) is 13.9. The largest absolute Gasteiger partial charge is 0.334 e. The van der Waals surface area contributed by atoms with Gasteiger partial charge in [-0.25, -0.2) is 0 Å². The molecule has 0 bridgehead atoms. The summed E-state index contributed by atoms with van der Waals surface area (Å²) in [5.74, 6) is -0.165. The molecule has 0 fully saturated rings. The van der Waals surface area contributed by atoms with Crippen molar-refractivity contribution < 1.29 is 9.59 Å². The van der Waals surface area contributed by atoms with Crippen LogP contribution in [0.25, 0.3) is 0 Å². The van der Waals surface area contributed by atoms with Gasteiger partial charge < -0.3 is 4.90 Å². The lowest BCUT2D eigenvalue weighted by Gasteiger charge is -2.32. The van der Waals surface area contributed by atoms with Crippen LogP contribution in [0.4, 0.5) is 0 Å². The van der Waals surface area contributed by atoms with E-state index >= 15 is 0 Å². The van der Waals surface area contributed by atoms with Gasteiger partial charge in [-0.05, 0) is 17.7 Å². The molecule has 0 aliphatic heterocycles. The number of hydrogen-bond donors (Lipinski definition) is 0.